The quantitative estimate of drug-likeness (QED) is 0.766. The highest BCUT2D eigenvalue weighted by Crippen LogP contribution is 2.32. The minimum atomic E-state index is -2.15. The Balaban J connectivity index is 1.69. The molecule has 1 aromatic carbocycles. The molecule has 0 bridgehead atoms. The summed E-state index contributed by atoms with van der Waals surface area (Å²) in [5.41, 5.74) is 0.553. The molecule has 2 saturated heterocycles. The number of nitrogens with zero attached hydrogens (tertiary/aromatic N) is 4. The Bertz CT molecular complexity index is 934. The third kappa shape index (κ3) is 3.01. The summed E-state index contributed by atoms with van der Waals surface area (Å²) in [6, 6.07) is 3.23. The molecule has 1 aromatic heterocycles. The molecule has 6 nitrogen and oxygen atoms in total. The van der Waals surface area contributed by atoms with Gasteiger partial charge in [0.05, 0.1) is 12.6 Å². The molecule has 2 unspecified atom stereocenters. The second kappa shape index (κ2) is 6.66. The number of fused-ring (bicyclic) bond motifs is 1. The minimum Gasteiger partial charge on any atom is -0.494 e. The van der Waals surface area contributed by atoms with Crippen molar-refractivity contribution in [2.24, 2.45) is 0 Å². The molecule has 140 valence electrons. The Labute approximate surface area is 153 Å². The van der Waals surface area contributed by atoms with E-state index >= 15 is 0 Å². The number of halogens is 1. The largest absolute Gasteiger partial charge is 0.494 e. The first-order chi connectivity index (χ1) is 12.5. The van der Waals surface area contributed by atoms with Gasteiger partial charge in [0.2, 0.25) is 0 Å². The highest BCUT2D eigenvalue weighted by molar-refractivity contribution is 7.98. The number of hydrogen-bond acceptors (Lipinski definition) is 5. The van der Waals surface area contributed by atoms with E-state index in [1.807, 2.05) is 0 Å². The van der Waals surface area contributed by atoms with Crippen LogP contribution < -0.4 is 9.64 Å². The molecular weight excluding hydrogens is 355 g/mol. The van der Waals surface area contributed by atoms with Gasteiger partial charge in [0.1, 0.15) is 12.1 Å². The molecule has 26 heavy (non-hydrogen) atoms. The van der Waals surface area contributed by atoms with E-state index in [1.54, 1.807) is 6.07 Å². The van der Waals surface area contributed by atoms with E-state index in [0.29, 0.717) is 11.3 Å². The van der Waals surface area contributed by atoms with Crippen LogP contribution in [0.15, 0.2) is 18.5 Å². The molecule has 4 rings (SSSR count). The molecule has 0 spiro atoms. The van der Waals surface area contributed by atoms with Crippen LogP contribution in [0.5, 0.6) is 5.75 Å². The second-order valence-electron chi connectivity index (χ2n) is 6.91. The van der Waals surface area contributed by atoms with Gasteiger partial charge in [0.25, 0.3) is 0 Å². The van der Waals surface area contributed by atoms with Gasteiger partial charge in [0.15, 0.2) is 11.6 Å². The summed E-state index contributed by atoms with van der Waals surface area (Å²) < 4.78 is 33.9. The summed E-state index contributed by atoms with van der Waals surface area (Å²) in [4.78, 5) is 10.8. The molecule has 3 heterocycles. The van der Waals surface area contributed by atoms with Gasteiger partial charge < -0.3 is 9.64 Å². The molecule has 2 aliphatic heterocycles. The summed E-state index contributed by atoms with van der Waals surface area (Å²) in [6.45, 7) is 2.43. The minimum absolute atomic E-state index is 0.183. The third-order valence-corrected chi connectivity index (χ3v) is 7.52. The van der Waals surface area contributed by atoms with Gasteiger partial charge in [-0.05, 0) is 31.2 Å². The summed E-state index contributed by atoms with van der Waals surface area (Å²) in [5, 5.41) is 0.767. The molecule has 8 heteroatoms. The maximum atomic E-state index is 14.0. The number of anilines is 1. The lowest BCUT2D eigenvalue weighted by atomic mass is 10.0. The van der Waals surface area contributed by atoms with E-state index in [-0.39, 0.29) is 11.8 Å². The zero-order valence-corrected chi connectivity index (χ0v) is 15.7. The number of aromatic nitrogens is 2. The average molecular weight is 378 g/mol. The van der Waals surface area contributed by atoms with Crippen LogP contribution >= 0.6 is 0 Å². The fourth-order valence-corrected chi connectivity index (χ4v) is 6.01. The highest BCUT2D eigenvalue weighted by Gasteiger charge is 2.33. The van der Waals surface area contributed by atoms with E-state index < -0.39 is 15.5 Å². The van der Waals surface area contributed by atoms with Crippen LogP contribution in [-0.2, 0) is 9.71 Å². The fraction of sp³-hybridized carbons (Fsp3) is 0.500. The molecule has 0 radical (unpaired) electrons. The standard InChI is InChI=1S/C18H23FN4O2S/c1-25-17-9-14-16(10-15(17)19)20-12-21-18(14)22-6-3-5-13(11-22)23-7-4-8-26(23,2)24/h9-10,12-13H,2-8,11H2,1H3. The van der Waals surface area contributed by atoms with Crippen molar-refractivity contribution in [3.05, 3.63) is 24.3 Å². The zero-order chi connectivity index (χ0) is 18.3. The summed E-state index contributed by atoms with van der Waals surface area (Å²) >= 11 is 0. The van der Waals surface area contributed by atoms with E-state index in [9.17, 15) is 8.60 Å². The molecule has 2 atom stereocenters. The first kappa shape index (κ1) is 17.5. The van der Waals surface area contributed by atoms with Crippen LogP contribution in [0.4, 0.5) is 10.2 Å². The second-order valence-corrected chi connectivity index (χ2v) is 9.34. The van der Waals surface area contributed by atoms with Crippen molar-refractivity contribution in [2.45, 2.75) is 25.3 Å². The lowest BCUT2D eigenvalue weighted by Crippen LogP contribution is -2.48. The molecule has 0 saturated carbocycles. The lowest BCUT2D eigenvalue weighted by Gasteiger charge is -2.38. The van der Waals surface area contributed by atoms with Gasteiger partial charge >= 0.3 is 0 Å². The first-order valence-corrected chi connectivity index (χ1v) is 10.7. The van der Waals surface area contributed by atoms with Crippen LogP contribution in [0.25, 0.3) is 10.9 Å². The van der Waals surface area contributed by atoms with Gasteiger partial charge in [-0.25, -0.2) is 18.7 Å². The van der Waals surface area contributed by atoms with Crippen molar-refractivity contribution in [2.75, 3.05) is 37.4 Å². The van der Waals surface area contributed by atoms with Crippen LogP contribution in [0.1, 0.15) is 19.3 Å². The number of methoxy groups -OCH3 is 1. The Kier molecular flexibility index (Phi) is 4.48. The van der Waals surface area contributed by atoms with E-state index in [4.69, 9.17) is 4.74 Å². The topological polar surface area (TPSA) is 58.6 Å². The van der Waals surface area contributed by atoms with E-state index in [0.717, 1.165) is 50.1 Å². The maximum absolute atomic E-state index is 14.0. The van der Waals surface area contributed by atoms with Gasteiger partial charge in [0, 0.05) is 52.6 Å². The average Bonchev–Trinajstić information content (AvgIpc) is 2.99. The molecule has 2 aliphatic rings. The third-order valence-electron chi connectivity index (χ3n) is 5.26. The monoisotopic (exact) mass is 378 g/mol. The van der Waals surface area contributed by atoms with Crippen LogP contribution in [-0.4, -0.2) is 62.9 Å². The van der Waals surface area contributed by atoms with Crippen LogP contribution in [0.2, 0.25) is 0 Å². The first-order valence-electron chi connectivity index (χ1n) is 8.84. The van der Waals surface area contributed by atoms with Gasteiger partial charge in [-0.1, -0.05) is 0 Å². The normalized spacial score (nSPS) is 27.2. The molecule has 0 amide bonds. The van der Waals surface area contributed by atoms with Crippen molar-refractivity contribution >= 4 is 32.3 Å². The Morgan fingerprint density at radius 1 is 1.31 bits per heavy atom. The smallest absolute Gasteiger partial charge is 0.167 e. The van der Waals surface area contributed by atoms with Crippen LogP contribution in [0.3, 0.4) is 0 Å². The number of benzene rings is 1. The van der Waals surface area contributed by atoms with E-state index in [2.05, 4.69) is 25.0 Å². The molecule has 0 aliphatic carbocycles. The summed E-state index contributed by atoms with van der Waals surface area (Å²) in [7, 11) is -0.699. The predicted octanol–water partition coefficient (Wildman–Crippen LogP) is 2.08. The zero-order valence-electron chi connectivity index (χ0n) is 14.9. The SMILES string of the molecule is C=S1(=O)CCCN1C1CCCN(c2ncnc3cc(F)c(OC)cc23)C1. The fourth-order valence-electron chi connectivity index (χ4n) is 4.02. The Morgan fingerprint density at radius 3 is 2.88 bits per heavy atom. The van der Waals surface area contributed by atoms with Crippen molar-refractivity contribution in [3.8, 4) is 5.75 Å². The van der Waals surface area contributed by atoms with Gasteiger partial charge in [-0.2, -0.15) is 0 Å². The van der Waals surface area contributed by atoms with Gasteiger partial charge in [-0.3, -0.25) is 4.21 Å². The number of rotatable bonds is 3. The lowest BCUT2D eigenvalue weighted by molar-refractivity contribution is 0.308. The molecule has 2 fully saturated rings. The van der Waals surface area contributed by atoms with E-state index in [1.165, 1.54) is 19.5 Å². The molecule has 0 N–H and O–H groups in total. The number of hydrogen-bond donors (Lipinski definition) is 0. The molecule has 2 aromatic rings. The molecular formula is C18H23FN4O2S. The van der Waals surface area contributed by atoms with Crippen molar-refractivity contribution < 1.29 is 13.3 Å². The Hall–Kier alpha value is -1.93. The predicted molar refractivity (Wildman–Crippen MR) is 103 cm³/mol. The number of piperidine rings is 1. The van der Waals surface area contributed by atoms with Crippen molar-refractivity contribution in [1.82, 2.24) is 14.3 Å². The summed E-state index contributed by atoms with van der Waals surface area (Å²) in [6.07, 6.45) is 4.39. The Morgan fingerprint density at radius 2 is 2.15 bits per heavy atom. The van der Waals surface area contributed by atoms with Crippen LogP contribution in [0, 0.1) is 5.82 Å². The van der Waals surface area contributed by atoms with Crippen molar-refractivity contribution in [1.29, 1.82) is 0 Å². The summed E-state index contributed by atoms with van der Waals surface area (Å²) in [5.74, 6) is 5.15. The number of ether oxygens (including phenoxy) is 1. The highest BCUT2D eigenvalue weighted by atomic mass is 32.2. The van der Waals surface area contributed by atoms with Crippen molar-refractivity contribution in [3.63, 3.8) is 0 Å². The maximum Gasteiger partial charge on any atom is 0.167 e. The van der Waals surface area contributed by atoms with Gasteiger partial charge in [-0.15, -0.1) is 0 Å².